The van der Waals surface area contributed by atoms with Crippen LogP contribution in [-0.4, -0.2) is 54.2 Å². The van der Waals surface area contributed by atoms with Crippen LogP contribution >= 0.6 is 0 Å². The minimum Gasteiger partial charge on any atom is -0.467 e. The molecule has 1 spiro atoms. The summed E-state index contributed by atoms with van der Waals surface area (Å²) in [6.45, 7) is 5.24. The van der Waals surface area contributed by atoms with Crippen LogP contribution in [0.5, 0.6) is 0 Å². The summed E-state index contributed by atoms with van der Waals surface area (Å²) < 4.78 is 10.1. The Morgan fingerprint density at radius 1 is 1.13 bits per heavy atom. The standard InChI is InChI=1S/C21H33N3O6/c1-20(2,3)30-19(28)23-14(9-12-5-6-12)17(26)22-15(18(27)29-4)10-13-11-21(7-8-21)24-16(13)25/h12-15H,5-11H2,1-4H3,(H,22,26)(H,23,28)(H,24,25)/t13?,14-,15-/m0/s1. The molecule has 3 N–H and O–H groups in total. The van der Waals surface area contributed by atoms with E-state index >= 15 is 0 Å². The third kappa shape index (κ3) is 6.09. The Kier molecular flexibility index (Phi) is 6.29. The first-order valence-electron chi connectivity index (χ1n) is 10.7. The highest BCUT2D eigenvalue weighted by Gasteiger charge is 2.53. The van der Waals surface area contributed by atoms with Crippen LogP contribution in [0.4, 0.5) is 4.79 Å². The zero-order valence-electron chi connectivity index (χ0n) is 18.2. The van der Waals surface area contributed by atoms with Gasteiger partial charge in [0.15, 0.2) is 0 Å². The summed E-state index contributed by atoms with van der Waals surface area (Å²) in [6.07, 6.45) is 4.55. The molecule has 1 unspecified atom stereocenters. The molecule has 2 aliphatic carbocycles. The number of nitrogens with one attached hydrogen (secondary N) is 3. The molecule has 3 amide bonds. The van der Waals surface area contributed by atoms with E-state index in [4.69, 9.17) is 9.47 Å². The van der Waals surface area contributed by atoms with E-state index in [1.807, 2.05) is 0 Å². The first-order chi connectivity index (χ1) is 14.0. The minimum atomic E-state index is -0.950. The predicted molar refractivity (Wildman–Crippen MR) is 107 cm³/mol. The second kappa shape index (κ2) is 8.43. The monoisotopic (exact) mass is 423 g/mol. The number of carbonyl (C=O) groups is 4. The van der Waals surface area contributed by atoms with Crippen molar-refractivity contribution in [2.24, 2.45) is 11.8 Å². The summed E-state index contributed by atoms with van der Waals surface area (Å²) in [5, 5.41) is 8.33. The molecular weight excluding hydrogens is 390 g/mol. The fourth-order valence-corrected chi connectivity index (χ4v) is 3.93. The Morgan fingerprint density at radius 2 is 1.80 bits per heavy atom. The quantitative estimate of drug-likeness (QED) is 0.507. The van der Waals surface area contributed by atoms with Crippen molar-refractivity contribution in [3.05, 3.63) is 0 Å². The van der Waals surface area contributed by atoms with E-state index < -0.39 is 35.7 Å². The highest BCUT2D eigenvalue weighted by atomic mass is 16.6. The fraction of sp³-hybridized carbons (Fsp3) is 0.810. The van der Waals surface area contributed by atoms with E-state index in [1.165, 1.54) is 7.11 Å². The zero-order valence-corrected chi connectivity index (χ0v) is 18.2. The fourth-order valence-electron chi connectivity index (χ4n) is 3.93. The summed E-state index contributed by atoms with van der Waals surface area (Å²) >= 11 is 0. The van der Waals surface area contributed by atoms with Crippen molar-refractivity contribution in [1.29, 1.82) is 0 Å². The normalized spacial score (nSPS) is 23.9. The predicted octanol–water partition coefficient (Wildman–Crippen LogP) is 1.40. The van der Waals surface area contributed by atoms with E-state index in [0.29, 0.717) is 18.8 Å². The average Bonchev–Trinajstić information content (AvgIpc) is 3.54. The third-order valence-corrected chi connectivity index (χ3v) is 5.85. The van der Waals surface area contributed by atoms with Gasteiger partial charge >= 0.3 is 12.1 Å². The molecule has 0 radical (unpaired) electrons. The van der Waals surface area contributed by atoms with E-state index in [2.05, 4.69) is 16.0 Å². The van der Waals surface area contributed by atoms with Crippen LogP contribution < -0.4 is 16.0 Å². The maximum atomic E-state index is 12.9. The molecule has 3 fully saturated rings. The summed E-state index contributed by atoms with van der Waals surface area (Å²) in [4.78, 5) is 49.7. The van der Waals surface area contributed by atoms with Crippen LogP contribution in [0.3, 0.4) is 0 Å². The molecule has 9 heteroatoms. The Morgan fingerprint density at radius 3 is 2.30 bits per heavy atom. The van der Waals surface area contributed by atoms with Gasteiger partial charge in [-0.15, -0.1) is 0 Å². The van der Waals surface area contributed by atoms with Gasteiger partial charge in [-0.25, -0.2) is 9.59 Å². The number of esters is 1. The SMILES string of the molecule is COC(=O)[C@H](CC1CC2(CC2)NC1=O)NC(=O)[C@H](CC1CC1)NC(=O)OC(C)(C)C. The van der Waals surface area contributed by atoms with Crippen LogP contribution in [0.2, 0.25) is 0 Å². The van der Waals surface area contributed by atoms with Crippen molar-refractivity contribution >= 4 is 23.9 Å². The lowest BCUT2D eigenvalue weighted by Crippen LogP contribution is -2.53. The maximum absolute atomic E-state index is 12.9. The third-order valence-electron chi connectivity index (χ3n) is 5.85. The lowest BCUT2D eigenvalue weighted by atomic mass is 9.95. The summed E-state index contributed by atoms with van der Waals surface area (Å²) in [5.74, 6) is -1.14. The van der Waals surface area contributed by atoms with Gasteiger partial charge in [0, 0.05) is 11.5 Å². The van der Waals surface area contributed by atoms with Gasteiger partial charge in [0.1, 0.15) is 17.7 Å². The smallest absolute Gasteiger partial charge is 0.408 e. The second-order valence-corrected chi connectivity index (χ2v) is 9.87. The molecular formula is C21H33N3O6. The Balaban J connectivity index is 1.63. The van der Waals surface area contributed by atoms with Crippen molar-refractivity contribution in [3.63, 3.8) is 0 Å². The van der Waals surface area contributed by atoms with Crippen LogP contribution in [0.25, 0.3) is 0 Å². The summed E-state index contributed by atoms with van der Waals surface area (Å²) in [6, 6.07) is -1.76. The van der Waals surface area contributed by atoms with Crippen LogP contribution in [0.15, 0.2) is 0 Å². The molecule has 2 saturated carbocycles. The van der Waals surface area contributed by atoms with Gasteiger partial charge in [-0.05, 0) is 58.8 Å². The van der Waals surface area contributed by atoms with Crippen LogP contribution in [0, 0.1) is 11.8 Å². The number of alkyl carbamates (subject to hydrolysis) is 1. The van der Waals surface area contributed by atoms with Gasteiger partial charge in [-0.1, -0.05) is 12.8 Å². The number of hydrogen-bond acceptors (Lipinski definition) is 6. The average molecular weight is 424 g/mol. The van der Waals surface area contributed by atoms with E-state index in [0.717, 1.165) is 25.7 Å². The van der Waals surface area contributed by atoms with Gasteiger partial charge in [0.05, 0.1) is 7.11 Å². The largest absolute Gasteiger partial charge is 0.467 e. The number of rotatable bonds is 8. The molecule has 1 aliphatic heterocycles. The van der Waals surface area contributed by atoms with E-state index in [9.17, 15) is 19.2 Å². The molecule has 1 saturated heterocycles. The summed E-state index contributed by atoms with van der Waals surface area (Å²) in [7, 11) is 1.25. The molecule has 9 nitrogen and oxygen atoms in total. The first-order valence-corrected chi connectivity index (χ1v) is 10.7. The molecule has 168 valence electrons. The molecule has 0 aromatic heterocycles. The number of hydrogen-bond donors (Lipinski definition) is 3. The molecule has 0 aromatic rings. The number of carbonyl (C=O) groups excluding carboxylic acids is 4. The van der Waals surface area contributed by atoms with Gasteiger partial charge in [0.25, 0.3) is 0 Å². The van der Waals surface area contributed by atoms with Crippen molar-refractivity contribution in [2.45, 2.75) is 88.9 Å². The molecule has 0 bridgehead atoms. The minimum absolute atomic E-state index is 0.0861. The summed E-state index contributed by atoms with van der Waals surface area (Å²) in [5.41, 5.74) is -0.799. The molecule has 3 aliphatic rings. The Labute approximate surface area is 177 Å². The number of methoxy groups -OCH3 is 1. The van der Waals surface area contributed by atoms with Crippen molar-refractivity contribution in [3.8, 4) is 0 Å². The van der Waals surface area contributed by atoms with Crippen LogP contribution in [-0.2, 0) is 23.9 Å². The van der Waals surface area contributed by atoms with E-state index in [-0.39, 0.29) is 23.8 Å². The highest BCUT2D eigenvalue weighted by molar-refractivity contribution is 5.90. The van der Waals surface area contributed by atoms with Gasteiger partial charge in [0.2, 0.25) is 11.8 Å². The first kappa shape index (κ1) is 22.4. The number of ether oxygens (including phenoxy) is 2. The lowest BCUT2D eigenvalue weighted by molar-refractivity contribution is -0.146. The van der Waals surface area contributed by atoms with Gasteiger partial charge in [-0.2, -0.15) is 0 Å². The topological polar surface area (TPSA) is 123 Å². The van der Waals surface area contributed by atoms with E-state index in [1.54, 1.807) is 20.8 Å². The van der Waals surface area contributed by atoms with Gasteiger partial charge in [-0.3, -0.25) is 9.59 Å². The highest BCUT2D eigenvalue weighted by Crippen LogP contribution is 2.46. The Hall–Kier alpha value is -2.32. The lowest BCUT2D eigenvalue weighted by Gasteiger charge is -2.25. The van der Waals surface area contributed by atoms with Crippen LogP contribution in [0.1, 0.15) is 65.7 Å². The maximum Gasteiger partial charge on any atom is 0.408 e. The van der Waals surface area contributed by atoms with Crippen molar-refractivity contribution in [1.82, 2.24) is 16.0 Å². The molecule has 3 atom stereocenters. The number of amides is 3. The molecule has 0 aromatic carbocycles. The zero-order chi connectivity index (χ0) is 22.1. The van der Waals surface area contributed by atoms with Crippen molar-refractivity contribution < 1.29 is 28.7 Å². The molecule has 30 heavy (non-hydrogen) atoms. The Bertz CT molecular complexity index is 708. The van der Waals surface area contributed by atoms with Crippen molar-refractivity contribution in [2.75, 3.05) is 7.11 Å². The van der Waals surface area contributed by atoms with Gasteiger partial charge < -0.3 is 25.4 Å². The molecule has 3 rings (SSSR count). The second-order valence-electron chi connectivity index (χ2n) is 9.87. The molecule has 1 heterocycles.